The summed E-state index contributed by atoms with van der Waals surface area (Å²) < 4.78 is 0. The number of nitrogens with two attached hydrogens (primary N) is 1. The van der Waals surface area contributed by atoms with E-state index in [-0.39, 0.29) is 30.5 Å². The molecule has 0 aromatic heterocycles. The van der Waals surface area contributed by atoms with Crippen LogP contribution in [-0.2, 0) is 0 Å². The van der Waals surface area contributed by atoms with E-state index < -0.39 is 6.10 Å². The molecule has 0 fully saturated rings. The average molecular weight is 377 g/mol. The topological polar surface area (TPSA) is 70.6 Å². The Morgan fingerprint density at radius 2 is 2.00 bits per heavy atom. The molecule has 0 aliphatic carbocycles. The van der Waals surface area contributed by atoms with E-state index in [9.17, 15) is 5.11 Å². The molecule has 1 atom stereocenters. The molecule has 5 heteroatoms. The number of halogens is 1. The van der Waals surface area contributed by atoms with Gasteiger partial charge in [-0.15, -0.1) is 24.0 Å². The van der Waals surface area contributed by atoms with Gasteiger partial charge in [-0.2, -0.15) is 0 Å². The van der Waals surface area contributed by atoms with Crippen molar-refractivity contribution in [2.75, 3.05) is 13.1 Å². The van der Waals surface area contributed by atoms with Crippen LogP contribution in [0.3, 0.4) is 0 Å². The second-order valence-electron chi connectivity index (χ2n) is 4.43. The van der Waals surface area contributed by atoms with Crippen molar-refractivity contribution in [2.24, 2.45) is 10.7 Å². The molecule has 108 valence electrons. The second kappa shape index (κ2) is 10.0. The predicted molar refractivity (Wildman–Crippen MR) is 91.0 cm³/mol. The van der Waals surface area contributed by atoms with Crippen molar-refractivity contribution < 1.29 is 5.11 Å². The van der Waals surface area contributed by atoms with Gasteiger partial charge in [0.2, 0.25) is 0 Å². The molecule has 1 rings (SSSR count). The summed E-state index contributed by atoms with van der Waals surface area (Å²) in [6.07, 6.45) is 1.58. The Morgan fingerprint density at radius 1 is 1.37 bits per heavy atom. The third-order valence-corrected chi connectivity index (χ3v) is 2.73. The summed E-state index contributed by atoms with van der Waals surface area (Å²) >= 11 is 0. The smallest absolute Gasteiger partial charge is 0.188 e. The molecule has 1 aromatic carbocycles. The van der Waals surface area contributed by atoms with Gasteiger partial charge in [0.25, 0.3) is 0 Å². The van der Waals surface area contributed by atoms with Crippen LogP contribution in [0.15, 0.2) is 29.3 Å². The number of aliphatic imine (C=N–C) groups is 1. The monoisotopic (exact) mass is 377 g/mol. The first kappa shape index (κ1) is 18.2. The summed E-state index contributed by atoms with van der Waals surface area (Å²) in [5, 5.41) is 13.0. The van der Waals surface area contributed by atoms with Gasteiger partial charge in [-0.25, -0.2) is 0 Å². The van der Waals surface area contributed by atoms with Crippen LogP contribution in [0.4, 0.5) is 0 Å². The maximum absolute atomic E-state index is 9.94. The van der Waals surface area contributed by atoms with Gasteiger partial charge >= 0.3 is 0 Å². The summed E-state index contributed by atoms with van der Waals surface area (Å²) in [4.78, 5) is 4.13. The Kier molecular flexibility index (Phi) is 9.59. The highest BCUT2D eigenvalue weighted by atomic mass is 127. The van der Waals surface area contributed by atoms with Crippen LogP contribution in [0.25, 0.3) is 0 Å². The fourth-order valence-electron chi connectivity index (χ4n) is 1.53. The summed E-state index contributed by atoms with van der Waals surface area (Å²) in [5.74, 6) is 0.398. The highest BCUT2D eigenvalue weighted by molar-refractivity contribution is 14.0. The molecule has 0 radical (unpaired) electrons. The molecule has 0 bridgehead atoms. The molecule has 0 saturated heterocycles. The molecule has 0 spiro atoms. The van der Waals surface area contributed by atoms with Gasteiger partial charge in [-0.1, -0.05) is 43.2 Å². The van der Waals surface area contributed by atoms with Crippen molar-refractivity contribution in [1.82, 2.24) is 5.32 Å². The van der Waals surface area contributed by atoms with Crippen molar-refractivity contribution in [2.45, 2.75) is 32.8 Å². The number of rotatable bonds is 6. The van der Waals surface area contributed by atoms with Gasteiger partial charge in [0.1, 0.15) is 0 Å². The molecule has 1 aromatic rings. The highest BCUT2D eigenvalue weighted by Crippen LogP contribution is 2.13. The molecule has 0 aliphatic rings. The van der Waals surface area contributed by atoms with Gasteiger partial charge in [-0.05, 0) is 18.9 Å². The number of hydrogen-bond donors (Lipinski definition) is 3. The lowest BCUT2D eigenvalue weighted by molar-refractivity contribution is 0.187. The first-order valence-corrected chi connectivity index (χ1v) is 6.42. The van der Waals surface area contributed by atoms with Crippen molar-refractivity contribution in [3.8, 4) is 0 Å². The lowest BCUT2D eigenvalue weighted by atomic mass is 10.1. The van der Waals surface area contributed by atoms with Gasteiger partial charge in [-0.3, -0.25) is 4.99 Å². The van der Waals surface area contributed by atoms with Crippen LogP contribution < -0.4 is 11.1 Å². The SMILES string of the molecule is CCCCNC(N)=NCC(O)c1ccc(C)cc1.I. The molecule has 4 N–H and O–H groups in total. The van der Waals surface area contributed by atoms with Gasteiger partial charge in [0.05, 0.1) is 12.6 Å². The molecular formula is C14H24IN3O. The minimum atomic E-state index is -0.600. The number of unbranched alkanes of at least 4 members (excludes halogenated alkanes) is 1. The van der Waals surface area contributed by atoms with E-state index in [0.717, 1.165) is 24.9 Å². The summed E-state index contributed by atoms with van der Waals surface area (Å²) in [5.41, 5.74) is 7.74. The third kappa shape index (κ3) is 7.37. The fourth-order valence-corrected chi connectivity index (χ4v) is 1.53. The summed E-state index contributed by atoms with van der Waals surface area (Å²) in [7, 11) is 0. The number of aryl methyl sites for hydroxylation is 1. The summed E-state index contributed by atoms with van der Waals surface area (Å²) in [6, 6.07) is 7.78. The molecule has 0 saturated carbocycles. The van der Waals surface area contributed by atoms with E-state index in [0.29, 0.717) is 5.96 Å². The number of aliphatic hydroxyl groups excluding tert-OH is 1. The predicted octanol–water partition coefficient (Wildman–Crippen LogP) is 2.35. The first-order chi connectivity index (χ1) is 8.63. The number of benzene rings is 1. The standard InChI is InChI=1S/C14H23N3O.HI/c1-3-4-9-16-14(15)17-10-13(18)12-7-5-11(2)6-8-12;/h5-8,13,18H,3-4,9-10H2,1-2H3,(H3,15,16,17);1H. The maximum Gasteiger partial charge on any atom is 0.188 e. The first-order valence-electron chi connectivity index (χ1n) is 6.42. The fraction of sp³-hybridized carbons (Fsp3) is 0.500. The Hall–Kier alpha value is -0.820. The minimum absolute atomic E-state index is 0. The van der Waals surface area contributed by atoms with Crippen molar-refractivity contribution >= 4 is 29.9 Å². The van der Waals surface area contributed by atoms with E-state index in [1.807, 2.05) is 31.2 Å². The van der Waals surface area contributed by atoms with E-state index in [1.54, 1.807) is 0 Å². The molecule has 0 heterocycles. The number of hydrogen-bond acceptors (Lipinski definition) is 2. The zero-order valence-electron chi connectivity index (χ0n) is 11.6. The second-order valence-corrected chi connectivity index (χ2v) is 4.43. The number of guanidine groups is 1. The van der Waals surface area contributed by atoms with E-state index >= 15 is 0 Å². The summed E-state index contributed by atoms with van der Waals surface area (Å²) in [6.45, 7) is 5.25. The molecule has 0 amide bonds. The largest absolute Gasteiger partial charge is 0.386 e. The number of aliphatic hydroxyl groups is 1. The molecule has 19 heavy (non-hydrogen) atoms. The van der Waals surface area contributed by atoms with Gasteiger partial charge < -0.3 is 16.2 Å². The lowest BCUT2D eigenvalue weighted by Crippen LogP contribution is -2.32. The zero-order chi connectivity index (χ0) is 13.4. The van der Waals surface area contributed by atoms with Gasteiger partial charge in [0.15, 0.2) is 5.96 Å². The lowest BCUT2D eigenvalue weighted by Gasteiger charge is -2.10. The maximum atomic E-state index is 9.94. The third-order valence-electron chi connectivity index (χ3n) is 2.73. The van der Waals surface area contributed by atoms with Gasteiger partial charge in [0, 0.05) is 6.54 Å². The van der Waals surface area contributed by atoms with Crippen LogP contribution in [0.1, 0.15) is 37.0 Å². The number of nitrogens with one attached hydrogen (secondary N) is 1. The Labute approximate surface area is 132 Å². The zero-order valence-corrected chi connectivity index (χ0v) is 13.9. The van der Waals surface area contributed by atoms with Crippen molar-refractivity contribution in [3.63, 3.8) is 0 Å². The number of nitrogens with zero attached hydrogens (tertiary/aromatic N) is 1. The van der Waals surface area contributed by atoms with Crippen molar-refractivity contribution in [1.29, 1.82) is 0 Å². The molecule has 4 nitrogen and oxygen atoms in total. The van der Waals surface area contributed by atoms with Crippen LogP contribution >= 0.6 is 24.0 Å². The Morgan fingerprint density at radius 3 is 2.58 bits per heavy atom. The van der Waals surface area contributed by atoms with Crippen molar-refractivity contribution in [3.05, 3.63) is 35.4 Å². The van der Waals surface area contributed by atoms with E-state index in [4.69, 9.17) is 5.73 Å². The average Bonchev–Trinajstić information content (AvgIpc) is 2.37. The van der Waals surface area contributed by atoms with Crippen LogP contribution in [0.5, 0.6) is 0 Å². The highest BCUT2D eigenvalue weighted by Gasteiger charge is 2.06. The van der Waals surface area contributed by atoms with Crippen LogP contribution in [0, 0.1) is 6.92 Å². The minimum Gasteiger partial charge on any atom is -0.386 e. The van der Waals surface area contributed by atoms with E-state index in [1.165, 1.54) is 5.56 Å². The molecular weight excluding hydrogens is 353 g/mol. The quantitative estimate of drug-likeness (QED) is 0.309. The Bertz CT molecular complexity index is 379. The molecule has 1 unspecified atom stereocenters. The van der Waals surface area contributed by atoms with E-state index in [2.05, 4.69) is 17.2 Å². The normalized spacial score (nSPS) is 12.7. The Balaban J connectivity index is 0.00000324. The molecule has 0 aliphatic heterocycles. The van der Waals surface area contributed by atoms with Crippen LogP contribution in [0.2, 0.25) is 0 Å². The van der Waals surface area contributed by atoms with Crippen LogP contribution in [-0.4, -0.2) is 24.2 Å².